The van der Waals surface area contributed by atoms with Crippen LogP contribution in [0.3, 0.4) is 0 Å². The Kier molecular flexibility index (Phi) is 4.29. The summed E-state index contributed by atoms with van der Waals surface area (Å²) in [5, 5.41) is 5.27. The normalized spacial score (nSPS) is 10.4. The molecule has 0 aliphatic rings. The molecular weight excluding hydrogens is 238 g/mol. The molecule has 96 valence electrons. The molecule has 0 fully saturated rings. The summed E-state index contributed by atoms with van der Waals surface area (Å²) < 4.78 is 0. The van der Waals surface area contributed by atoms with Crippen molar-refractivity contribution in [3.8, 4) is 0 Å². The van der Waals surface area contributed by atoms with Crippen LogP contribution in [-0.2, 0) is 0 Å². The number of carbonyl (C=O) groups excluding carboxylic acids is 1. The summed E-state index contributed by atoms with van der Waals surface area (Å²) in [5.41, 5.74) is 2.23. The average Bonchev–Trinajstić information content (AvgIpc) is 2.42. The highest BCUT2D eigenvalue weighted by atomic mass is 16.2. The number of aromatic nitrogens is 1. The Morgan fingerprint density at radius 3 is 2.68 bits per heavy atom. The molecular formula is C15H15N3O. The van der Waals surface area contributed by atoms with Crippen LogP contribution < -0.4 is 10.6 Å². The van der Waals surface area contributed by atoms with E-state index in [9.17, 15) is 4.79 Å². The number of nitrogens with zero attached hydrogens (tertiary/aromatic N) is 1. The lowest BCUT2D eigenvalue weighted by molar-refractivity contribution is 0.255. The van der Waals surface area contributed by atoms with Crippen LogP contribution in [-0.4, -0.2) is 11.0 Å². The SMILES string of the molecule is Cc1ccccc1/C=C/NC(=O)Nc1ccccn1. The molecule has 2 aromatic rings. The molecule has 0 radical (unpaired) electrons. The van der Waals surface area contributed by atoms with Crippen LogP contribution >= 0.6 is 0 Å². The maximum absolute atomic E-state index is 11.6. The van der Waals surface area contributed by atoms with Crippen LogP contribution in [0.25, 0.3) is 6.08 Å². The van der Waals surface area contributed by atoms with Crippen LogP contribution in [0.1, 0.15) is 11.1 Å². The average molecular weight is 253 g/mol. The van der Waals surface area contributed by atoms with Crippen molar-refractivity contribution in [3.05, 3.63) is 66.0 Å². The number of urea groups is 1. The van der Waals surface area contributed by atoms with Gasteiger partial charge in [0.2, 0.25) is 0 Å². The minimum absolute atomic E-state index is 0.316. The third-order valence-corrected chi connectivity index (χ3v) is 2.57. The molecule has 0 bridgehead atoms. The van der Waals surface area contributed by atoms with E-state index in [2.05, 4.69) is 15.6 Å². The summed E-state index contributed by atoms with van der Waals surface area (Å²) in [7, 11) is 0. The number of rotatable bonds is 3. The monoisotopic (exact) mass is 253 g/mol. The summed E-state index contributed by atoms with van der Waals surface area (Å²) in [4.78, 5) is 15.6. The van der Waals surface area contributed by atoms with Gasteiger partial charge < -0.3 is 5.32 Å². The van der Waals surface area contributed by atoms with Crippen molar-refractivity contribution < 1.29 is 4.79 Å². The third kappa shape index (κ3) is 3.96. The molecule has 4 heteroatoms. The van der Waals surface area contributed by atoms with E-state index in [1.807, 2.05) is 43.3 Å². The van der Waals surface area contributed by atoms with Crippen molar-refractivity contribution >= 4 is 17.9 Å². The highest BCUT2D eigenvalue weighted by Gasteiger charge is 1.98. The highest BCUT2D eigenvalue weighted by molar-refractivity contribution is 5.89. The predicted octanol–water partition coefficient (Wildman–Crippen LogP) is 3.18. The molecule has 0 aliphatic carbocycles. The van der Waals surface area contributed by atoms with Crippen LogP contribution in [0.2, 0.25) is 0 Å². The van der Waals surface area contributed by atoms with E-state index in [0.29, 0.717) is 5.82 Å². The molecule has 1 aromatic carbocycles. The molecule has 19 heavy (non-hydrogen) atoms. The summed E-state index contributed by atoms with van der Waals surface area (Å²) in [6.07, 6.45) is 5.09. The fourth-order valence-corrected chi connectivity index (χ4v) is 1.57. The number of pyridine rings is 1. The molecule has 0 unspecified atom stereocenters. The van der Waals surface area contributed by atoms with Crippen LogP contribution in [0, 0.1) is 6.92 Å². The minimum Gasteiger partial charge on any atom is -0.314 e. The summed E-state index contributed by atoms with van der Waals surface area (Å²) in [5.74, 6) is 0.518. The van der Waals surface area contributed by atoms with E-state index in [1.165, 1.54) is 0 Å². The van der Waals surface area contributed by atoms with Gasteiger partial charge in [-0.15, -0.1) is 0 Å². The van der Waals surface area contributed by atoms with Gasteiger partial charge in [0, 0.05) is 12.4 Å². The van der Waals surface area contributed by atoms with E-state index in [0.717, 1.165) is 11.1 Å². The Bertz CT molecular complexity index is 579. The second kappa shape index (κ2) is 6.35. The molecule has 0 saturated heterocycles. The molecule has 0 aliphatic heterocycles. The number of carbonyl (C=O) groups is 1. The first kappa shape index (κ1) is 12.8. The molecule has 0 atom stereocenters. The van der Waals surface area contributed by atoms with Crippen molar-refractivity contribution in [2.24, 2.45) is 0 Å². The van der Waals surface area contributed by atoms with Gasteiger partial charge >= 0.3 is 6.03 Å². The zero-order chi connectivity index (χ0) is 13.5. The Hall–Kier alpha value is -2.62. The second-order valence-electron chi connectivity index (χ2n) is 4.00. The van der Waals surface area contributed by atoms with Crippen molar-refractivity contribution in [2.75, 3.05) is 5.32 Å². The fraction of sp³-hybridized carbons (Fsp3) is 0.0667. The standard InChI is InChI=1S/C15H15N3O/c1-12-6-2-3-7-13(12)9-11-17-15(19)18-14-8-4-5-10-16-14/h2-11H,1H3,(H2,16,17,18,19)/b11-9+. The van der Waals surface area contributed by atoms with Crippen molar-refractivity contribution in [2.45, 2.75) is 6.92 Å². The molecule has 4 nitrogen and oxygen atoms in total. The molecule has 2 N–H and O–H groups in total. The Balaban J connectivity index is 1.89. The zero-order valence-electron chi connectivity index (χ0n) is 10.6. The van der Waals surface area contributed by atoms with Crippen molar-refractivity contribution in [1.29, 1.82) is 0 Å². The lowest BCUT2D eigenvalue weighted by Gasteiger charge is -2.03. The lowest BCUT2D eigenvalue weighted by Crippen LogP contribution is -2.24. The van der Waals surface area contributed by atoms with Gasteiger partial charge in [-0.2, -0.15) is 0 Å². The quantitative estimate of drug-likeness (QED) is 0.882. The van der Waals surface area contributed by atoms with Crippen LogP contribution in [0.15, 0.2) is 54.9 Å². The molecule has 0 saturated carbocycles. The van der Waals surface area contributed by atoms with Crippen molar-refractivity contribution in [1.82, 2.24) is 10.3 Å². The molecule has 0 spiro atoms. The minimum atomic E-state index is -0.316. The van der Waals surface area contributed by atoms with E-state index >= 15 is 0 Å². The third-order valence-electron chi connectivity index (χ3n) is 2.57. The molecule has 2 amide bonds. The Morgan fingerprint density at radius 1 is 1.16 bits per heavy atom. The Labute approximate surface area is 112 Å². The number of amides is 2. The smallest absolute Gasteiger partial charge is 0.314 e. The number of hydrogen-bond donors (Lipinski definition) is 2. The lowest BCUT2D eigenvalue weighted by atomic mass is 10.1. The summed E-state index contributed by atoms with van der Waals surface area (Å²) in [6, 6.07) is 13.0. The van der Waals surface area contributed by atoms with E-state index in [-0.39, 0.29) is 6.03 Å². The van der Waals surface area contributed by atoms with Gasteiger partial charge in [-0.1, -0.05) is 30.3 Å². The van der Waals surface area contributed by atoms with Gasteiger partial charge in [-0.05, 0) is 36.3 Å². The predicted molar refractivity (Wildman–Crippen MR) is 76.6 cm³/mol. The van der Waals surface area contributed by atoms with E-state index in [1.54, 1.807) is 24.5 Å². The highest BCUT2D eigenvalue weighted by Crippen LogP contribution is 2.08. The van der Waals surface area contributed by atoms with E-state index < -0.39 is 0 Å². The maximum atomic E-state index is 11.6. The number of anilines is 1. The largest absolute Gasteiger partial charge is 0.324 e. The first-order chi connectivity index (χ1) is 9.25. The van der Waals surface area contributed by atoms with Gasteiger partial charge in [-0.25, -0.2) is 9.78 Å². The zero-order valence-corrected chi connectivity index (χ0v) is 10.6. The first-order valence-electron chi connectivity index (χ1n) is 5.96. The number of nitrogens with one attached hydrogen (secondary N) is 2. The molecule has 2 rings (SSSR count). The summed E-state index contributed by atoms with van der Waals surface area (Å²) in [6.45, 7) is 2.02. The number of benzene rings is 1. The second-order valence-corrected chi connectivity index (χ2v) is 4.00. The number of hydrogen-bond acceptors (Lipinski definition) is 2. The van der Waals surface area contributed by atoms with Gasteiger partial charge in [0.25, 0.3) is 0 Å². The van der Waals surface area contributed by atoms with Gasteiger partial charge in [0.05, 0.1) is 0 Å². The van der Waals surface area contributed by atoms with Crippen LogP contribution in [0.5, 0.6) is 0 Å². The molecule has 1 heterocycles. The maximum Gasteiger partial charge on any atom is 0.324 e. The Morgan fingerprint density at radius 2 is 1.95 bits per heavy atom. The topological polar surface area (TPSA) is 54.0 Å². The van der Waals surface area contributed by atoms with E-state index in [4.69, 9.17) is 0 Å². The van der Waals surface area contributed by atoms with Gasteiger partial charge in [0.1, 0.15) is 5.82 Å². The van der Waals surface area contributed by atoms with Gasteiger partial charge in [0.15, 0.2) is 0 Å². The number of aryl methyl sites for hydroxylation is 1. The summed E-state index contributed by atoms with van der Waals surface area (Å²) >= 11 is 0. The van der Waals surface area contributed by atoms with Crippen molar-refractivity contribution in [3.63, 3.8) is 0 Å². The van der Waals surface area contributed by atoms with Gasteiger partial charge in [-0.3, -0.25) is 5.32 Å². The fourth-order valence-electron chi connectivity index (χ4n) is 1.57. The van der Waals surface area contributed by atoms with Crippen LogP contribution in [0.4, 0.5) is 10.6 Å². The molecule has 1 aromatic heterocycles. The first-order valence-corrected chi connectivity index (χ1v) is 5.96.